The second kappa shape index (κ2) is 7.10. The molecule has 0 fully saturated rings. The lowest BCUT2D eigenvalue weighted by molar-refractivity contribution is -0.144. The van der Waals surface area contributed by atoms with E-state index >= 15 is 0 Å². The third-order valence-electron chi connectivity index (χ3n) is 6.27. The second-order valence-electron chi connectivity index (χ2n) is 7.45. The quantitative estimate of drug-likeness (QED) is 0.643. The van der Waals surface area contributed by atoms with Gasteiger partial charge in [0.1, 0.15) is 11.1 Å². The van der Waals surface area contributed by atoms with Gasteiger partial charge >= 0.3 is 11.9 Å². The zero-order valence-corrected chi connectivity index (χ0v) is 17.5. The van der Waals surface area contributed by atoms with Gasteiger partial charge in [-0.05, 0) is 17.7 Å². The molecule has 9 heteroatoms. The predicted octanol–water partition coefficient (Wildman–Crippen LogP) is 1.30. The summed E-state index contributed by atoms with van der Waals surface area (Å²) in [5, 5.41) is 20.9. The van der Waals surface area contributed by atoms with E-state index in [1.807, 2.05) is 12.1 Å². The molecule has 1 aromatic rings. The summed E-state index contributed by atoms with van der Waals surface area (Å²) in [6, 6.07) is 9.60. The number of ether oxygens (including phenoxy) is 2. The number of nitriles is 2. The maximum atomic E-state index is 14.0. The van der Waals surface area contributed by atoms with E-state index in [4.69, 9.17) is 9.47 Å². The van der Waals surface area contributed by atoms with Gasteiger partial charge < -0.3 is 19.3 Å². The maximum Gasteiger partial charge on any atom is 0.355 e. The Kier molecular flexibility index (Phi) is 4.64. The van der Waals surface area contributed by atoms with Gasteiger partial charge in [0, 0.05) is 18.9 Å². The molecule has 32 heavy (non-hydrogen) atoms. The van der Waals surface area contributed by atoms with Gasteiger partial charge in [0.05, 0.1) is 38.0 Å². The van der Waals surface area contributed by atoms with Crippen LogP contribution in [0.5, 0.6) is 0 Å². The maximum absolute atomic E-state index is 14.0. The molecule has 3 aliphatic heterocycles. The molecule has 0 radical (unpaired) electrons. The van der Waals surface area contributed by atoms with Crippen LogP contribution in [0.25, 0.3) is 0 Å². The van der Waals surface area contributed by atoms with Gasteiger partial charge in [0.15, 0.2) is 5.41 Å². The Morgan fingerprint density at radius 3 is 2.34 bits per heavy atom. The number of likely N-dealkylation sites (N-methyl/N-ethyl adjacent to an activating group) is 1. The molecule has 0 unspecified atom stereocenters. The van der Waals surface area contributed by atoms with Crippen molar-refractivity contribution in [1.29, 1.82) is 10.5 Å². The molecule has 0 aliphatic carbocycles. The summed E-state index contributed by atoms with van der Waals surface area (Å²) >= 11 is 0. The van der Waals surface area contributed by atoms with Crippen LogP contribution < -0.4 is 4.90 Å². The fourth-order valence-corrected chi connectivity index (χ4v) is 4.95. The molecule has 1 spiro atoms. The molecule has 3 heterocycles. The average Bonchev–Trinajstić information content (AvgIpc) is 3.06. The fourth-order valence-electron chi connectivity index (χ4n) is 4.95. The highest BCUT2D eigenvalue weighted by molar-refractivity contribution is 6.19. The molecule has 2 atom stereocenters. The van der Waals surface area contributed by atoms with Gasteiger partial charge in [-0.2, -0.15) is 10.5 Å². The number of methoxy groups -OCH3 is 2. The monoisotopic (exact) mass is 430 g/mol. The van der Waals surface area contributed by atoms with Crippen LogP contribution in [0.4, 0.5) is 5.69 Å². The van der Waals surface area contributed by atoms with Crippen LogP contribution in [0.2, 0.25) is 0 Å². The lowest BCUT2D eigenvalue weighted by Crippen LogP contribution is -2.66. The summed E-state index contributed by atoms with van der Waals surface area (Å²) in [4.78, 5) is 42.9. The topological polar surface area (TPSA) is 124 Å². The number of hydrogen-bond donors (Lipinski definition) is 0. The summed E-state index contributed by atoms with van der Waals surface area (Å²) in [5.41, 5.74) is -4.23. The van der Waals surface area contributed by atoms with Crippen molar-refractivity contribution in [3.8, 4) is 12.1 Å². The highest BCUT2D eigenvalue weighted by atomic mass is 16.5. The number of carbonyl (C=O) groups is 3. The highest BCUT2D eigenvalue weighted by Gasteiger charge is 2.74. The highest BCUT2D eigenvalue weighted by Crippen LogP contribution is 2.61. The summed E-state index contributed by atoms with van der Waals surface area (Å²) in [7, 11) is 3.74. The number of benzene rings is 1. The Bertz CT molecular complexity index is 1220. The number of fused-ring (bicyclic) bond motifs is 3. The van der Waals surface area contributed by atoms with Crippen molar-refractivity contribution >= 4 is 23.5 Å². The second-order valence-corrected chi connectivity index (χ2v) is 7.45. The normalized spacial score (nSPS) is 24.5. The first-order valence-electron chi connectivity index (χ1n) is 9.62. The van der Waals surface area contributed by atoms with Crippen LogP contribution >= 0.6 is 0 Å². The number of amides is 1. The molecule has 0 bridgehead atoms. The molecule has 0 N–H and O–H groups in total. The number of rotatable bonds is 2. The molecule has 9 nitrogen and oxygen atoms in total. The number of anilines is 1. The molecular weight excluding hydrogens is 412 g/mol. The van der Waals surface area contributed by atoms with Crippen LogP contribution in [0.3, 0.4) is 0 Å². The minimum absolute atomic E-state index is 0.260. The first-order chi connectivity index (χ1) is 15.4. The Hall–Kier alpha value is -4.37. The van der Waals surface area contributed by atoms with Gasteiger partial charge in [-0.15, -0.1) is 0 Å². The number of para-hydroxylation sites is 1. The molecule has 0 saturated carbocycles. The molecule has 1 amide bonds. The van der Waals surface area contributed by atoms with E-state index in [0.717, 1.165) is 14.2 Å². The van der Waals surface area contributed by atoms with Crippen molar-refractivity contribution in [2.45, 2.75) is 11.5 Å². The van der Waals surface area contributed by atoms with Crippen molar-refractivity contribution in [2.24, 2.45) is 5.41 Å². The van der Waals surface area contributed by atoms with Gasteiger partial charge in [0.2, 0.25) is 5.91 Å². The molecule has 3 aliphatic rings. The summed E-state index contributed by atoms with van der Waals surface area (Å²) in [6.45, 7) is 0. The van der Waals surface area contributed by atoms with Crippen molar-refractivity contribution in [3.05, 3.63) is 65.5 Å². The molecular formula is C23H18N4O5. The first-order valence-corrected chi connectivity index (χ1v) is 9.62. The molecule has 4 rings (SSSR count). The largest absolute Gasteiger partial charge is 0.466 e. The predicted molar refractivity (Wildman–Crippen MR) is 110 cm³/mol. The molecule has 0 saturated heterocycles. The Labute approximate surface area is 184 Å². The Morgan fingerprint density at radius 1 is 1.06 bits per heavy atom. The van der Waals surface area contributed by atoms with E-state index in [9.17, 15) is 24.9 Å². The molecule has 0 aromatic heterocycles. The van der Waals surface area contributed by atoms with Gasteiger partial charge in [-0.3, -0.25) is 4.79 Å². The lowest BCUT2D eigenvalue weighted by atomic mass is 9.52. The summed E-state index contributed by atoms with van der Waals surface area (Å²) in [6.07, 6.45) is 6.22. The number of hydrogen-bond acceptors (Lipinski definition) is 8. The fraction of sp³-hybridized carbons (Fsp3) is 0.261. The molecule has 1 aromatic carbocycles. The van der Waals surface area contributed by atoms with Crippen LogP contribution in [0.15, 0.2) is 60.0 Å². The van der Waals surface area contributed by atoms with Gasteiger partial charge in [-0.25, -0.2) is 9.59 Å². The number of allylic oxidation sites excluding steroid dienone is 2. The number of carbonyl (C=O) groups excluding carboxylic acids is 3. The SMILES string of the molecule is COC(=O)C1=C(C(=O)OC)[C@]2(C(=O)N(C)c3ccccc32)C(C#N)(C#N)[C@H]2C=CC=CN12. The van der Waals surface area contributed by atoms with Gasteiger partial charge in [-0.1, -0.05) is 30.4 Å². The molecule has 160 valence electrons. The minimum atomic E-state index is -2.13. The number of esters is 2. The van der Waals surface area contributed by atoms with Crippen LogP contribution in [-0.4, -0.2) is 50.1 Å². The summed E-state index contributed by atoms with van der Waals surface area (Å²) in [5.74, 6) is -2.61. The van der Waals surface area contributed by atoms with Crippen molar-refractivity contribution in [3.63, 3.8) is 0 Å². The zero-order chi connectivity index (χ0) is 23.3. The van der Waals surface area contributed by atoms with Crippen LogP contribution in [0, 0.1) is 28.1 Å². The summed E-state index contributed by atoms with van der Waals surface area (Å²) < 4.78 is 9.96. The van der Waals surface area contributed by atoms with E-state index in [1.165, 1.54) is 23.0 Å². The van der Waals surface area contributed by atoms with Crippen molar-refractivity contribution in [1.82, 2.24) is 4.90 Å². The van der Waals surface area contributed by atoms with E-state index in [-0.39, 0.29) is 11.3 Å². The number of nitrogens with zero attached hydrogens (tertiary/aromatic N) is 4. The minimum Gasteiger partial charge on any atom is -0.466 e. The average molecular weight is 430 g/mol. The third kappa shape index (κ3) is 2.17. The Morgan fingerprint density at radius 2 is 1.72 bits per heavy atom. The van der Waals surface area contributed by atoms with Crippen molar-refractivity contribution in [2.75, 3.05) is 26.2 Å². The van der Waals surface area contributed by atoms with Crippen LogP contribution in [-0.2, 0) is 29.3 Å². The van der Waals surface area contributed by atoms with E-state index < -0.39 is 40.3 Å². The Balaban J connectivity index is 2.30. The van der Waals surface area contributed by atoms with Crippen LogP contribution in [0.1, 0.15) is 5.56 Å². The van der Waals surface area contributed by atoms with Crippen molar-refractivity contribution < 1.29 is 23.9 Å². The standard InChI is InChI=1S/C23H18N4O5/c1-26-15-9-5-4-8-14(15)23(21(26)30)17(19(28)31-2)18(20(29)32-3)27-11-7-6-10-16(27)22(23,12-24)13-25/h4-11,16H,1-3H3/t16-,23-/m1/s1. The zero-order valence-electron chi connectivity index (χ0n) is 17.5. The third-order valence-corrected chi connectivity index (χ3v) is 6.27. The van der Waals surface area contributed by atoms with Gasteiger partial charge in [0.25, 0.3) is 0 Å². The van der Waals surface area contributed by atoms with E-state index in [1.54, 1.807) is 42.5 Å². The smallest absolute Gasteiger partial charge is 0.355 e. The first kappa shape index (κ1) is 20.9. The van der Waals surface area contributed by atoms with E-state index in [2.05, 4.69) is 0 Å². The lowest BCUT2D eigenvalue weighted by Gasteiger charge is -2.51. The van der Waals surface area contributed by atoms with E-state index in [0.29, 0.717) is 5.69 Å².